The topological polar surface area (TPSA) is 76.1 Å². The van der Waals surface area contributed by atoms with E-state index in [0.717, 1.165) is 6.42 Å². The maximum Gasteiger partial charge on any atom is 0.274 e. The Morgan fingerprint density at radius 3 is 2.70 bits per heavy atom. The molecular weight excluding hydrogens is 339 g/mol. The summed E-state index contributed by atoms with van der Waals surface area (Å²) in [5.74, 6) is -0.0404. The van der Waals surface area contributed by atoms with Gasteiger partial charge in [0, 0.05) is 26.5 Å². The fourth-order valence-corrected chi connectivity index (χ4v) is 2.27. The van der Waals surface area contributed by atoms with Gasteiger partial charge in [0.25, 0.3) is 5.91 Å². The number of hydrogen-bond acceptors (Lipinski definition) is 5. The van der Waals surface area contributed by atoms with Crippen molar-refractivity contribution in [3.63, 3.8) is 0 Å². The number of methoxy groups -OCH3 is 1. The number of anilines is 2. The van der Waals surface area contributed by atoms with E-state index in [4.69, 9.17) is 27.9 Å². The molecule has 23 heavy (non-hydrogen) atoms. The van der Waals surface area contributed by atoms with E-state index in [0.29, 0.717) is 34.8 Å². The van der Waals surface area contributed by atoms with Crippen molar-refractivity contribution in [2.75, 3.05) is 30.9 Å². The number of amides is 1. The SMILES string of the molecule is COCCCNc1nccc(C(=O)Nc2c(Cl)cccc2Cl)n1. The Bertz CT molecular complexity index is 662. The first-order chi connectivity index (χ1) is 11.1. The third-order valence-corrected chi connectivity index (χ3v) is 3.53. The van der Waals surface area contributed by atoms with Crippen LogP contribution in [0.25, 0.3) is 0 Å². The molecule has 0 aliphatic rings. The molecule has 0 saturated carbocycles. The summed E-state index contributed by atoms with van der Waals surface area (Å²) in [7, 11) is 1.64. The molecule has 1 aromatic carbocycles. The van der Waals surface area contributed by atoms with Crippen molar-refractivity contribution in [2.45, 2.75) is 6.42 Å². The molecule has 0 unspecified atom stereocenters. The Morgan fingerprint density at radius 2 is 2.00 bits per heavy atom. The minimum Gasteiger partial charge on any atom is -0.385 e. The zero-order valence-electron chi connectivity index (χ0n) is 12.5. The number of rotatable bonds is 7. The van der Waals surface area contributed by atoms with Gasteiger partial charge in [-0.15, -0.1) is 0 Å². The summed E-state index contributed by atoms with van der Waals surface area (Å²) in [6, 6.07) is 6.51. The average molecular weight is 355 g/mol. The van der Waals surface area contributed by atoms with Crippen molar-refractivity contribution in [1.29, 1.82) is 0 Å². The van der Waals surface area contributed by atoms with Crippen LogP contribution in [0, 0.1) is 0 Å². The largest absolute Gasteiger partial charge is 0.385 e. The van der Waals surface area contributed by atoms with Gasteiger partial charge in [0.05, 0.1) is 15.7 Å². The van der Waals surface area contributed by atoms with Crippen LogP contribution in [0.5, 0.6) is 0 Å². The van der Waals surface area contributed by atoms with Gasteiger partial charge in [-0.2, -0.15) is 0 Å². The highest BCUT2D eigenvalue weighted by Gasteiger charge is 2.13. The molecule has 0 aliphatic carbocycles. The summed E-state index contributed by atoms with van der Waals surface area (Å²) in [6.45, 7) is 1.29. The van der Waals surface area contributed by atoms with Crippen LogP contribution < -0.4 is 10.6 Å². The number of benzene rings is 1. The Labute approximate surface area is 144 Å². The summed E-state index contributed by atoms with van der Waals surface area (Å²) in [6.07, 6.45) is 2.32. The smallest absolute Gasteiger partial charge is 0.274 e. The van der Waals surface area contributed by atoms with Crippen LogP contribution >= 0.6 is 23.2 Å². The third-order valence-electron chi connectivity index (χ3n) is 2.90. The van der Waals surface area contributed by atoms with Gasteiger partial charge < -0.3 is 15.4 Å². The van der Waals surface area contributed by atoms with Crippen LogP contribution in [0.4, 0.5) is 11.6 Å². The van der Waals surface area contributed by atoms with Crippen LogP contribution in [0.2, 0.25) is 10.0 Å². The zero-order chi connectivity index (χ0) is 16.7. The first-order valence-electron chi connectivity index (χ1n) is 6.93. The van der Waals surface area contributed by atoms with E-state index < -0.39 is 5.91 Å². The molecule has 2 aromatic rings. The van der Waals surface area contributed by atoms with Gasteiger partial charge in [-0.1, -0.05) is 29.3 Å². The number of halogens is 2. The second kappa shape index (κ2) is 8.67. The predicted octanol–water partition coefficient (Wildman–Crippen LogP) is 3.48. The summed E-state index contributed by atoms with van der Waals surface area (Å²) >= 11 is 12.1. The number of ether oxygens (including phenoxy) is 1. The maximum absolute atomic E-state index is 12.3. The van der Waals surface area contributed by atoms with Gasteiger partial charge in [-0.25, -0.2) is 9.97 Å². The molecule has 2 rings (SSSR count). The lowest BCUT2D eigenvalue weighted by molar-refractivity contribution is 0.102. The molecule has 0 spiro atoms. The van der Waals surface area contributed by atoms with Gasteiger partial charge in [-0.3, -0.25) is 4.79 Å². The average Bonchev–Trinajstić information content (AvgIpc) is 2.55. The predicted molar refractivity (Wildman–Crippen MR) is 91.4 cm³/mol. The Morgan fingerprint density at radius 1 is 1.26 bits per heavy atom. The standard InChI is InChI=1S/C15H16Cl2N4O2/c1-23-9-3-7-18-15-19-8-6-12(20-15)14(22)21-13-10(16)4-2-5-11(13)17/h2,4-6,8H,3,7,9H2,1H3,(H,21,22)(H,18,19,20). The zero-order valence-corrected chi connectivity index (χ0v) is 14.0. The van der Waals surface area contributed by atoms with Crippen molar-refractivity contribution in [2.24, 2.45) is 0 Å². The van der Waals surface area contributed by atoms with Crippen molar-refractivity contribution in [3.8, 4) is 0 Å². The Hall–Kier alpha value is -1.89. The highest BCUT2D eigenvalue weighted by atomic mass is 35.5. The van der Waals surface area contributed by atoms with Crippen molar-refractivity contribution in [1.82, 2.24) is 9.97 Å². The lowest BCUT2D eigenvalue weighted by Crippen LogP contribution is -2.16. The number of nitrogens with one attached hydrogen (secondary N) is 2. The molecule has 1 amide bonds. The molecule has 1 aromatic heterocycles. The minimum atomic E-state index is -0.414. The highest BCUT2D eigenvalue weighted by molar-refractivity contribution is 6.39. The van der Waals surface area contributed by atoms with Gasteiger partial charge >= 0.3 is 0 Å². The summed E-state index contributed by atoms with van der Waals surface area (Å²) in [5, 5.41) is 6.40. The van der Waals surface area contributed by atoms with Crippen LogP contribution in [0.1, 0.15) is 16.9 Å². The second-order valence-corrected chi connectivity index (χ2v) is 5.40. The van der Waals surface area contributed by atoms with Crippen LogP contribution in [0.3, 0.4) is 0 Å². The van der Waals surface area contributed by atoms with Crippen molar-refractivity contribution >= 4 is 40.7 Å². The van der Waals surface area contributed by atoms with Crippen LogP contribution in [-0.4, -0.2) is 36.1 Å². The van der Waals surface area contributed by atoms with Crippen molar-refractivity contribution in [3.05, 3.63) is 46.2 Å². The highest BCUT2D eigenvalue weighted by Crippen LogP contribution is 2.30. The van der Waals surface area contributed by atoms with E-state index in [-0.39, 0.29) is 5.69 Å². The van der Waals surface area contributed by atoms with Crippen LogP contribution in [0.15, 0.2) is 30.5 Å². The minimum absolute atomic E-state index is 0.213. The molecule has 122 valence electrons. The second-order valence-electron chi connectivity index (χ2n) is 4.59. The number of aromatic nitrogens is 2. The van der Waals surface area contributed by atoms with Crippen molar-refractivity contribution < 1.29 is 9.53 Å². The normalized spacial score (nSPS) is 10.4. The Kier molecular flexibility index (Phi) is 6.58. The lowest BCUT2D eigenvalue weighted by atomic mass is 10.3. The molecule has 0 atom stereocenters. The number of carbonyl (C=O) groups excluding carboxylic acids is 1. The monoisotopic (exact) mass is 354 g/mol. The molecule has 1 heterocycles. The summed E-state index contributed by atoms with van der Waals surface area (Å²) < 4.78 is 4.96. The fourth-order valence-electron chi connectivity index (χ4n) is 1.78. The first kappa shape index (κ1) is 17.5. The third kappa shape index (κ3) is 5.06. The summed E-state index contributed by atoms with van der Waals surface area (Å²) in [4.78, 5) is 20.5. The van der Waals surface area contributed by atoms with Crippen LogP contribution in [-0.2, 0) is 4.74 Å². The fraction of sp³-hybridized carbons (Fsp3) is 0.267. The van der Waals surface area contributed by atoms with Gasteiger partial charge in [-0.05, 0) is 24.6 Å². The quantitative estimate of drug-likeness (QED) is 0.744. The molecule has 0 radical (unpaired) electrons. The van der Waals surface area contributed by atoms with E-state index in [2.05, 4.69) is 20.6 Å². The lowest BCUT2D eigenvalue weighted by Gasteiger charge is -2.09. The molecule has 0 fully saturated rings. The summed E-state index contributed by atoms with van der Waals surface area (Å²) in [5.41, 5.74) is 0.569. The molecule has 6 nitrogen and oxygen atoms in total. The maximum atomic E-state index is 12.3. The van der Waals surface area contributed by atoms with E-state index in [1.54, 1.807) is 25.3 Å². The number of para-hydroxylation sites is 1. The van der Waals surface area contributed by atoms with Gasteiger partial charge in [0.1, 0.15) is 5.69 Å². The molecule has 2 N–H and O–H groups in total. The number of carbonyl (C=O) groups is 1. The van der Waals surface area contributed by atoms with E-state index in [1.165, 1.54) is 12.3 Å². The number of hydrogen-bond donors (Lipinski definition) is 2. The number of nitrogens with zero attached hydrogens (tertiary/aromatic N) is 2. The molecule has 0 aliphatic heterocycles. The molecular formula is C15H16Cl2N4O2. The molecule has 8 heteroatoms. The Balaban J connectivity index is 2.05. The van der Waals surface area contributed by atoms with E-state index in [9.17, 15) is 4.79 Å². The van der Waals surface area contributed by atoms with Gasteiger partial charge in [0.2, 0.25) is 5.95 Å². The van der Waals surface area contributed by atoms with Gasteiger partial charge in [0.15, 0.2) is 0 Å². The van der Waals surface area contributed by atoms with E-state index >= 15 is 0 Å². The van der Waals surface area contributed by atoms with E-state index in [1.807, 2.05) is 0 Å². The first-order valence-corrected chi connectivity index (χ1v) is 7.68. The molecule has 0 saturated heterocycles. The molecule has 0 bridgehead atoms.